The van der Waals surface area contributed by atoms with E-state index in [0.29, 0.717) is 17.1 Å². The summed E-state index contributed by atoms with van der Waals surface area (Å²) < 4.78 is 0. The van der Waals surface area contributed by atoms with Crippen molar-refractivity contribution < 1.29 is 0 Å². The molecular formula is C18H29N5S. The zero-order valence-electron chi connectivity index (χ0n) is 14.8. The van der Waals surface area contributed by atoms with Crippen molar-refractivity contribution in [3.05, 3.63) is 11.8 Å². The Morgan fingerprint density at radius 2 is 1.96 bits per heavy atom. The first-order valence-corrected chi connectivity index (χ1v) is 9.69. The maximum absolute atomic E-state index is 5.46. The number of piperidine rings is 1. The van der Waals surface area contributed by atoms with Crippen molar-refractivity contribution in [2.24, 2.45) is 5.92 Å². The van der Waals surface area contributed by atoms with Gasteiger partial charge in [0, 0.05) is 30.9 Å². The molecule has 132 valence electrons. The van der Waals surface area contributed by atoms with Crippen molar-refractivity contribution in [2.45, 2.75) is 64.8 Å². The molecule has 0 aromatic carbocycles. The molecule has 2 fully saturated rings. The standard InChI is InChI=1S/C18H29N5S/c1-13-7-6-10-23(12-13)16-11-14(2)19-17(21-16)22-18(24)20-15-8-4-3-5-9-15/h11,13,15H,3-10,12H2,1-2H3,(H2,19,20,21,22,24). The largest absolute Gasteiger partial charge is 0.360 e. The summed E-state index contributed by atoms with van der Waals surface area (Å²) in [6.07, 6.45) is 8.87. The predicted molar refractivity (Wildman–Crippen MR) is 104 cm³/mol. The van der Waals surface area contributed by atoms with Crippen LogP contribution in [-0.4, -0.2) is 34.2 Å². The van der Waals surface area contributed by atoms with Crippen molar-refractivity contribution in [1.82, 2.24) is 15.3 Å². The van der Waals surface area contributed by atoms with Crippen LogP contribution in [0, 0.1) is 12.8 Å². The lowest BCUT2D eigenvalue weighted by Gasteiger charge is -2.32. The molecule has 0 radical (unpaired) electrons. The number of nitrogens with zero attached hydrogens (tertiary/aromatic N) is 3. The van der Waals surface area contributed by atoms with E-state index in [1.807, 2.05) is 6.92 Å². The number of aromatic nitrogens is 2. The Morgan fingerprint density at radius 3 is 2.71 bits per heavy atom. The molecule has 1 aliphatic heterocycles. The summed E-state index contributed by atoms with van der Waals surface area (Å²) in [6.45, 7) is 6.47. The lowest BCUT2D eigenvalue weighted by molar-refractivity contribution is 0.414. The van der Waals surface area contributed by atoms with Crippen LogP contribution in [0.25, 0.3) is 0 Å². The van der Waals surface area contributed by atoms with Crippen LogP contribution in [0.4, 0.5) is 11.8 Å². The van der Waals surface area contributed by atoms with Crippen LogP contribution in [0.2, 0.25) is 0 Å². The van der Waals surface area contributed by atoms with E-state index in [0.717, 1.165) is 30.5 Å². The molecule has 24 heavy (non-hydrogen) atoms. The molecule has 2 heterocycles. The fourth-order valence-corrected chi connectivity index (χ4v) is 4.00. The topological polar surface area (TPSA) is 53.1 Å². The smallest absolute Gasteiger partial charge is 0.231 e. The molecule has 2 N–H and O–H groups in total. The van der Waals surface area contributed by atoms with Gasteiger partial charge in [-0.15, -0.1) is 0 Å². The van der Waals surface area contributed by atoms with Crippen LogP contribution in [0.3, 0.4) is 0 Å². The number of nitrogens with one attached hydrogen (secondary N) is 2. The molecule has 0 spiro atoms. The first-order chi connectivity index (χ1) is 11.6. The number of rotatable bonds is 3. The van der Waals surface area contributed by atoms with Crippen LogP contribution < -0.4 is 15.5 Å². The van der Waals surface area contributed by atoms with Crippen molar-refractivity contribution in [3.8, 4) is 0 Å². The van der Waals surface area contributed by atoms with Crippen molar-refractivity contribution in [2.75, 3.05) is 23.3 Å². The van der Waals surface area contributed by atoms with E-state index in [-0.39, 0.29) is 0 Å². The fraction of sp³-hybridized carbons (Fsp3) is 0.722. The van der Waals surface area contributed by atoms with Gasteiger partial charge in [0.1, 0.15) is 5.82 Å². The molecule has 5 nitrogen and oxygen atoms in total. The molecule has 1 unspecified atom stereocenters. The summed E-state index contributed by atoms with van der Waals surface area (Å²) in [5.74, 6) is 2.34. The average molecular weight is 348 g/mol. The Bertz CT molecular complexity index is 571. The molecule has 1 atom stereocenters. The molecule has 1 saturated heterocycles. The summed E-state index contributed by atoms with van der Waals surface area (Å²) in [7, 11) is 0. The number of thiocarbonyl (C=S) groups is 1. The van der Waals surface area contributed by atoms with Gasteiger partial charge in [-0.25, -0.2) is 4.98 Å². The first-order valence-electron chi connectivity index (χ1n) is 9.28. The SMILES string of the molecule is Cc1cc(N2CCCC(C)C2)nc(NC(=S)NC2CCCCC2)n1. The van der Waals surface area contributed by atoms with Crippen molar-refractivity contribution in [3.63, 3.8) is 0 Å². The van der Waals surface area contributed by atoms with Gasteiger partial charge in [-0.05, 0) is 50.7 Å². The second-order valence-corrected chi connectivity index (χ2v) is 7.73. The number of hydrogen-bond acceptors (Lipinski definition) is 4. The van der Waals surface area contributed by atoms with Gasteiger partial charge in [-0.2, -0.15) is 4.98 Å². The van der Waals surface area contributed by atoms with Crippen molar-refractivity contribution in [1.29, 1.82) is 0 Å². The highest BCUT2D eigenvalue weighted by Gasteiger charge is 2.19. The Morgan fingerprint density at radius 1 is 1.17 bits per heavy atom. The van der Waals surface area contributed by atoms with Crippen LogP contribution in [0.15, 0.2) is 6.07 Å². The molecule has 1 aromatic rings. The third-order valence-corrected chi connectivity index (χ3v) is 5.21. The Hall–Kier alpha value is -1.43. The lowest BCUT2D eigenvalue weighted by atomic mass is 9.96. The number of hydrogen-bond donors (Lipinski definition) is 2. The highest BCUT2D eigenvalue weighted by molar-refractivity contribution is 7.80. The maximum atomic E-state index is 5.46. The van der Waals surface area contributed by atoms with E-state index < -0.39 is 0 Å². The zero-order valence-corrected chi connectivity index (χ0v) is 15.7. The van der Waals surface area contributed by atoms with Crippen molar-refractivity contribution >= 4 is 29.1 Å². The van der Waals surface area contributed by atoms with Gasteiger partial charge in [-0.3, -0.25) is 0 Å². The van der Waals surface area contributed by atoms with Crippen LogP contribution in [0.5, 0.6) is 0 Å². The van der Waals surface area contributed by atoms with Gasteiger partial charge >= 0.3 is 0 Å². The maximum Gasteiger partial charge on any atom is 0.231 e. The highest BCUT2D eigenvalue weighted by Crippen LogP contribution is 2.23. The normalized spacial score (nSPS) is 22.2. The van der Waals surface area contributed by atoms with Gasteiger partial charge in [0.2, 0.25) is 5.95 Å². The molecule has 0 amide bonds. The third kappa shape index (κ3) is 4.79. The zero-order chi connectivity index (χ0) is 16.9. The summed E-state index contributed by atoms with van der Waals surface area (Å²) in [4.78, 5) is 11.6. The second kappa shape index (κ2) is 8.10. The second-order valence-electron chi connectivity index (χ2n) is 7.32. The predicted octanol–water partition coefficient (Wildman–Crippen LogP) is 3.64. The summed E-state index contributed by atoms with van der Waals surface area (Å²) in [5.41, 5.74) is 0.973. The highest BCUT2D eigenvalue weighted by atomic mass is 32.1. The van der Waals surface area contributed by atoms with Gasteiger partial charge in [0.25, 0.3) is 0 Å². The number of anilines is 2. The first kappa shape index (κ1) is 17.4. The van der Waals surface area contributed by atoms with Gasteiger partial charge < -0.3 is 15.5 Å². The van der Waals surface area contributed by atoms with E-state index in [9.17, 15) is 0 Å². The minimum absolute atomic E-state index is 0.492. The van der Waals surface area contributed by atoms with E-state index in [4.69, 9.17) is 17.2 Å². The average Bonchev–Trinajstić information content (AvgIpc) is 2.55. The van der Waals surface area contributed by atoms with E-state index in [1.165, 1.54) is 44.9 Å². The van der Waals surface area contributed by atoms with E-state index in [1.54, 1.807) is 0 Å². The monoisotopic (exact) mass is 347 g/mol. The molecule has 0 bridgehead atoms. The molecule has 6 heteroatoms. The molecular weight excluding hydrogens is 318 g/mol. The minimum atomic E-state index is 0.492. The Labute approximate surface area is 150 Å². The van der Waals surface area contributed by atoms with Gasteiger partial charge in [0.05, 0.1) is 0 Å². The molecule has 2 aliphatic rings. The Kier molecular flexibility index (Phi) is 5.87. The lowest BCUT2D eigenvalue weighted by Crippen LogP contribution is -2.39. The van der Waals surface area contributed by atoms with Crippen LogP contribution in [-0.2, 0) is 0 Å². The van der Waals surface area contributed by atoms with Crippen LogP contribution in [0.1, 0.15) is 57.6 Å². The molecule has 1 saturated carbocycles. The summed E-state index contributed by atoms with van der Waals surface area (Å²) in [6, 6.07) is 2.56. The fourth-order valence-electron chi connectivity index (χ4n) is 3.74. The third-order valence-electron chi connectivity index (χ3n) is 4.99. The van der Waals surface area contributed by atoms with Gasteiger partial charge in [-0.1, -0.05) is 26.2 Å². The molecule has 1 aliphatic carbocycles. The quantitative estimate of drug-likeness (QED) is 0.814. The molecule has 3 rings (SSSR count). The number of aryl methyl sites for hydroxylation is 1. The van der Waals surface area contributed by atoms with E-state index in [2.05, 4.69) is 33.5 Å². The summed E-state index contributed by atoms with van der Waals surface area (Å²) in [5, 5.41) is 7.26. The Balaban J connectivity index is 1.63. The molecule has 1 aromatic heterocycles. The summed E-state index contributed by atoms with van der Waals surface area (Å²) >= 11 is 5.46. The van der Waals surface area contributed by atoms with Gasteiger partial charge in [0.15, 0.2) is 5.11 Å². The van der Waals surface area contributed by atoms with Crippen LogP contribution >= 0.6 is 12.2 Å². The minimum Gasteiger partial charge on any atom is -0.360 e. The van der Waals surface area contributed by atoms with E-state index >= 15 is 0 Å².